The van der Waals surface area contributed by atoms with Gasteiger partial charge in [-0.05, 0) is 12.0 Å². The summed E-state index contributed by atoms with van der Waals surface area (Å²) in [6.07, 6.45) is 3.42. The summed E-state index contributed by atoms with van der Waals surface area (Å²) in [4.78, 5) is 8.60. The number of aliphatic hydroxyl groups is 1. The summed E-state index contributed by atoms with van der Waals surface area (Å²) in [7, 11) is 1.85. The van der Waals surface area contributed by atoms with Gasteiger partial charge in [-0.25, -0.2) is 9.97 Å². The molecule has 1 aromatic carbocycles. The molecule has 5 heteroatoms. The summed E-state index contributed by atoms with van der Waals surface area (Å²) >= 11 is 0. The van der Waals surface area contributed by atoms with Gasteiger partial charge < -0.3 is 15.7 Å². The van der Waals surface area contributed by atoms with Gasteiger partial charge in [0.05, 0.1) is 12.6 Å². The van der Waals surface area contributed by atoms with Crippen LogP contribution in [0.3, 0.4) is 0 Å². The molecule has 0 radical (unpaired) electrons. The summed E-state index contributed by atoms with van der Waals surface area (Å²) in [6.45, 7) is 2.13. The predicted octanol–water partition coefficient (Wildman–Crippen LogP) is 2.62. The molecule has 5 nitrogen and oxygen atoms in total. The first kappa shape index (κ1) is 15.3. The average Bonchev–Trinajstić information content (AvgIpc) is 2.54. The van der Waals surface area contributed by atoms with Crippen LogP contribution in [0.1, 0.15) is 30.5 Å². The van der Waals surface area contributed by atoms with Crippen LogP contribution in [0.4, 0.5) is 11.6 Å². The average molecular weight is 286 g/mol. The zero-order chi connectivity index (χ0) is 15.1. The Bertz CT molecular complexity index is 559. The second-order valence-corrected chi connectivity index (χ2v) is 4.84. The molecule has 0 amide bonds. The lowest BCUT2D eigenvalue weighted by molar-refractivity contribution is 0.276. The van der Waals surface area contributed by atoms with Gasteiger partial charge in [-0.2, -0.15) is 0 Å². The molecule has 1 unspecified atom stereocenters. The van der Waals surface area contributed by atoms with Crippen LogP contribution in [0, 0.1) is 0 Å². The van der Waals surface area contributed by atoms with E-state index in [0.717, 1.165) is 35.6 Å². The van der Waals surface area contributed by atoms with E-state index < -0.39 is 0 Å². The highest BCUT2D eigenvalue weighted by Crippen LogP contribution is 2.25. The number of aromatic nitrogens is 2. The summed E-state index contributed by atoms with van der Waals surface area (Å²) in [6, 6.07) is 9.70. The molecule has 0 aliphatic rings. The molecule has 1 atom stereocenters. The van der Waals surface area contributed by atoms with Crippen LogP contribution < -0.4 is 10.6 Å². The molecule has 1 heterocycles. The monoisotopic (exact) mass is 286 g/mol. The van der Waals surface area contributed by atoms with E-state index in [2.05, 4.69) is 27.5 Å². The highest BCUT2D eigenvalue weighted by molar-refractivity contribution is 5.58. The fourth-order valence-electron chi connectivity index (χ4n) is 2.32. The molecule has 2 rings (SSSR count). The molecule has 0 aliphatic heterocycles. The van der Waals surface area contributed by atoms with E-state index in [-0.39, 0.29) is 12.6 Å². The Morgan fingerprint density at radius 3 is 2.48 bits per heavy atom. The van der Waals surface area contributed by atoms with E-state index in [0.29, 0.717) is 0 Å². The van der Waals surface area contributed by atoms with Crippen molar-refractivity contribution in [3.8, 4) is 0 Å². The van der Waals surface area contributed by atoms with Crippen LogP contribution in [0.5, 0.6) is 0 Å². The molecule has 21 heavy (non-hydrogen) atoms. The van der Waals surface area contributed by atoms with E-state index in [4.69, 9.17) is 0 Å². The SMILES string of the molecule is CCCc1c(NC)ncnc1NC(CO)c1ccccc1. The third kappa shape index (κ3) is 3.70. The van der Waals surface area contributed by atoms with Crippen molar-refractivity contribution in [1.29, 1.82) is 0 Å². The number of hydrogen-bond donors (Lipinski definition) is 3. The van der Waals surface area contributed by atoms with Crippen molar-refractivity contribution >= 4 is 11.6 Å². The Balaban J connectivity index is 2.29. The van der Waals surface area contributed by atoms with E-state index in [1.54, 1.807) is 0 Å². The number of benzene rings is 1. The number of hydrogen-bond acceptors (Lipinski definition) is 5. The van der Waals surface area contributed by atoms with Crippen LogP contribution in [-0.4, -0.2) is 28.7 Å². The van der Waals surface area contributed by atoms with Crippen LogP contribution in [0.25, 0.3) is 0 Å². The van der Waals surface area contributed by atoms with Crippen molar-refractivity contribution < 1.29 is 5.11 Å². The van der Waals surface area contributed by atoms with Gasteiger partial charge in [0.15, 0.2) is 0 Å². The van der Waals surface area contributed by atoms with E-state index in [1.165, 1.54) is 6.33 Å². The molecule has 0 aliphatic carbocycles. The molecule has 0 fully saturated rings. The second kappa shape index (κ2) is 7.59. The minimum absolute atomic E-state index is 0.00840. The van der Waals surface area contributed by atoms with Gasteiger partial charge in [0.1, 0.15) is 18.0 Å². The van der Waals surface area contributed by atoms with Gasteiger partial charge in [0.2, 0.25) is 0 Å². The van der Waals surface area contributed by atoms with Gasteiger partial charge in [-0.1, -0.05) is 43.7 Å². The molecule has 0 saturated heterocycles. The van der Waals surface area contributed by atoms with Gasteiger partial charge in [-0.3, -0.25) is 0 Å². The number of nitrogens with one attached hydrogen (secondary N) is 2. The first-order valence-electron chi connectivity index (χ1n) is 7.24. The first-order chi connectivity index (χ1) is 10.3. The minimum Gasteiger partial charge on any atom is -0.394 e. The molecule has 1 aromatic heterocycles. The number of anilines is 2. The van der Waals surface area contributed by atoms with Crippen LogP contribution >= 0.6 is 0 Å². The number of nitrogens with zero attached hydrogens (tertiary/aromatic N) is 2. The van der Waals surface area contributed by atoms with Crippen molar-refractivity contribution in [3.05, 3.63) is 47.8 Å². The summed E-state index contributed by atoms with van der Waals surface area (Å²) in [5, 5.41) is 16.1. The van der Waals surface area contributed by atoms with E-state index in [9.17, 15) is 5.11 Å². The largest absolute Gasteiger partial charge is 0.394 e. The van der Waals surface area contributed by atoms with Gasteiger partial charge >= 0.3 is 0 Å². The maximum absolute atomic E-state index is 9.67. The molecule has 0 bridgehead atoms. The van der Waals surface area contributed by atoms with Gasteiger partial charge in [-0.15, -0.1) is 0 Å². The van der Waals surface area contributed by atoms with Crippen molar-refractivity contribution in [2.75, 3.05) is 24.3 Å². The molecule has 112 valence electrons. The van der Waals surface area contributed by atoms with Crippen LogP contribution in [0.2, 0.25) is 0 Å². The van der Waals surface area contributed by atoms with Crippen molar-refractivity contribution in [2.45, 2.75) is 25.8 Å². The van der Waals surface area contributed by atoms with Crippen molar-refractivity contribution in [3.63, 3.8) is 0 Å². The van der Waals surface area contributed by atoms with E-state index >= 15 is 0 Å². The topological polar surface area (TPSA) is 70.1 Å². The van der Waals surface area contributed by atoms with Gasteiger partial charge in [0.25, 0.3) is 0 Å². The smallest absolute Gasteiger partial charge is 0.135 e. The quantitative estimate of drug-likeness (QED) is 0.730. The molecular formula is C16H22N4O. The third-order valence-corrected chi connectivity index (χ3v) is 3.38. The first-order valence-corrected chi connectivity index (χ1v) is 7.24. The molecule has 0 spiro atoms. The predicted molar refractivity (Wildman–Crippen MR) is 85.5 cm³/mol. The Morgan fingerprint density at radius 1 is 1.14 bits per heavy atom. The zero-order valence-corrected chi connectivity index (χ0v) is 12.5. The maximum atomic E-state index is 9.67. The Labute approximate surface area is 125 Å². The Hall–Kier alpha value is -2.14. The van der Waals surface area contributed by atoms with Crippen molar-refractivity contribution in [2.24, 2.45) is 0 Å². The summed E-state index contributed by atoms with van der Waals surface area (Å²) in [5.41, 5.74) is 2.09. The Kier molecular flexibility index (Phi) is 5.51. The molecule has 3 N–H and O–H groups in total. The minimum atomic E-state index is -0.179. The lowest BCUT2D eigenvalue weighted by atomic mass is 10.1. The number of aliphatic hydroxyl groups excluding tert-OH is 1. The molecule has 2 aromatic rings. The van der Waals surface area contributed by atoms with Crippen LogP contribution in [0.15, 0.2) is 36.7 Å². The zero-order valence-electron chi connectivity index (χ0n) is 12.5. The van der Waals surface area contributed by atoms with Gasteiger partial charge in [0, 0.05) is 12.6 Å². The standard InChI is InChI=1S/C16H22N4O/c1-3-7-13-15(17-2)18-11-19-16(13)20-14(10-21)12-8-5-4-6-9-12/h4-6,8-9,11,14,21H,3,7,10H2,1-2H3,(H2,17,18,19,20). The fraction of sp³-hybridized carbons (Fsp3) is 0.375. The lowest BCUT2D eigenvalue weighted by Gasteiger charge is -2.20. The summed E-state index contributed by atoms with van der Waals surface area (Å²) in [5.74, 6) is 1.61. The number of rotatable bonds is 7. The van der Waals surface area contributed by atoms with Crippen molar-refractivity contribution in [1.82, 2.24) is 9.97 Å². The summed E-state index contributed by atoms with van der Waals surface area (Å²) < 4.78 is 0. The normalized spacial score (nSPS) is 12.0. The Morgan fingerprint density at radius 2 is 1.86 bits per heavy atom. The van der Waals surface area contributed by atoms with E-state index in [1.807, 2.05) is 37.4 Å². The lowest BCUT2D eigenvalue weighted by Crippen LogP contribution is -2.17. The second-order valence-electron chi connectivity index (χ2n) is 4.84. The fourth-order valence-corrected chi connectivity index (χ4v) is 2.32. The molecular weight excluding hydrogens is 264 g/mol. The maximum Gasteiger partial charge on any atom is 0.135 e. The highest BCUT2D eigenvalue weighted by atomic mass is 16.3. The molecule has 0 saturated carbocycles. The third-order valence-electron chi connectivity index (χ3n) is 3.38. The van der Waals surface area contributed by atoms with Crippen LogP contribution in [-0.2, 0) is 6.42 Å². The highest BCUT2D eigenvalue weighted by Gasteiger charge is 2.15.